The minimum Gasteiger partial charge on any atom is -0.436 e. The first-order valence-electron chi connectivity index (χ1n) is 20.8. The van der Waals surface area contributed by atoms with Crippen LogP contribution in [0.4, 0.5) is 0 Å². The second-order valence-electron chi connectivity index (χ2n) is 15.5. The second kappa shape index (κ2) is 15.1. The Labute approximate surface area is 362 Å². The number of fused-ring (bicyclic) bond motifs is 6. The van der Waals surface area contributed by atoms with Crippen LogP contribution in [0.1, 0.15) is 0 Å². The maximum atomic E-state index is 6.13. The van der Waals surface area contributed by atoms with Crippen molar-refractivity contribution in [3.63, 3.8) is 0 Å². The van der Waals surface area contributed by atoms with Gasteiger partial charge in [0, 0.05) is 22.9 Å². The van der Waals surface area contributed by atoms with Crippen LogP contribution < -0.4 is 0 Å². The highest BCUT2D eigenvalue weighted by atomic mass is 16.3. The Kier molecular flexibility index (Phi) is 8.67. The van der Waals surface area contributed by atoms with E-state index in [2.05, 4.69) is 156 Å². The lowest BCUT2D eigenvalue weighted by Gasteiger charge is -2.10. The summed E-state index contributed by atoms with van der Waals surface area (Å²) in [7, 11) is 0. The molecule has 294 valence electrons. The van der Waals surface area contributed by atoms with Crippen molar-refractivity contribution < 1.29 is 4.42 Å². The highest BCUT2D eigenvalue weighted by Crippen LogP contribution is 2.36. The normalized spacial score (nSPS) is 11.5. The zero-order valence-corrected chi connectivity index (χ0v) is 33.7. The minimum atomic E-state index is 0.522. The Balaban J connectivity index is 0.790. The molecule has 12 aromatic rings. The Hall–Kier alpha value is -8.68. The molecule has 0 aliphatic carbocycles. The largest absolute Gasteiger partial charge is 0.436 e. The summed E-state index contributed by atoms with van der Waals surface area (Å²) in [5, 5.41) is 3.14. The molecule has 63 heavy (non-hydrogen) atoms. The zero-order valence-electron chi connectivity index (χ0n) is 33.7. The van der Waals surface area contributed by atoms with Crippen molar-refractivity contribution in [1.29, 1.82) is 0 Å². The number of nitrogens with zero attached hydrogens (tertiary/aromatic N) is 6. The van der Waals surface area contributed by atoms with Gasteiger partial charge >= 0.3 is 0 Å². The molecule has 0 spiro atoms. The molecule has 0 aliphatic rings. The molecule has 0 fully saturated rings. The minimum absolute atomic E-state index is 0.522. The molecule has 8 aromatic carbocycles. The van der Waals surface area contributed by atoms with Crippen molar-refractivity contribution >= 4 is 44.1 Å². The highest BCUT2D eigenvalue weighted by Gasteiger charge is 2.16. The number of hydrogen-bond acceptors (Lipinski definition) is 7. The smallest absolute Gasteiger partial charge is 0.247 e. The molecule has 4 heterocycles. The lowest BCUT2D eigenvalue weighted by molar-refractivity contribution is 0.655. The van der Waals surface area contributed by atoms with E-state index < -0.39 is 0 Å². The van der Waals surface area contributed by atoms with E-state index >= 15 is 0 Å². The monoisotopic (exact) mass is 806 g/mol. The Morgan fingerprint density at radius 1 is 0.333 bits per heavy atom. The van der Waals surface area contributed by atoms with Gasteiger partial charge in [0.15, 0.2) is 23.1 Å². The summed E-state index contributed by atoms with van der Waals surface area (Å²) < 4.78 is 6.13. The van der Waals surface area contributed by atoms with E-state index in [0.717, 1.165) is 82.9 Å². The second-order valence-corrected chi connectivity index (χ2v) is 15.5. The fourth-order valence-electron chi connectivity index (χ4n) is 8.35. The van der Waals surface area contributed by atoms with E-state index in [4.69, 9.17) is 24.4 Å². The summed E-state index contributed by atoms with van der Waals surface area (Å²) in [5.74, 6) is 1.90. The summed E-state index contributed by atoms with van der Waals surface area (Å²) in [5.41, 5.74) is 15.3. The van der Waals surface area contributed by atoms with Crippen molar-refractivity contribution in [1.82, 2.24) is 29.9 Å². The van der Waals surface area contributed by atoms with Gasteiger partial charge in [-0.2, -0.15) is 0 Å². The standard InChI is InChI=1S/C56H34N6O/c1-3-8-35(9-4-1)36-21-25-43(26-22-36)53-60-52(42-10-5-2-6-11-42)61-54(62-53)44-27-23-40(24-28-44)38-15-13-37(14-16-38)39-17-19-41(20-18-39)45-29-31-47-46(34-45)30-32-49-50(47)51-56(63-49)58-48-12-7-33-57-55(48)59-51/h1-34H. The summed E-state index contributed by atoms with van der Waals surface area (Å²) >= 11 is 0. The molecule has 0 bridgehead atoms. The molecule has 0 aliphatic heterocycles. The summed E-state index contributed by atoms with van der Waals surface area (Å²) in [6.45, 7) is 0. The zero-order chi connectivity index (χ0) is 41.7. The summed E-state index contributed by atoms with van der Waals surface area (Å²) in [4.78, 5) is 28.8. The summed E-state index contributed by atoms with van der Waals surface area (Å²) in [6.07, 6.45) is 1.74. The predicted octanol–water partition coefficient (Wildman–Crippen LogP) is 13.9. The molecular formula is C56H34N6O. The number of furan rings is 1. The first-order chi connectivity index (χ1) is 31.2. The van der Waals surface area contributed by atoms with Crippen molar-refractivity contribution in [2.45, 2.75) is 0 Å². The molecule has 12 rings (SSSR count). The molecule has 0 amide bonds. The Bertz CT molecular complexity index is 3630. The predicted molar refractivity (Wildman–Crippen MR) is 254 cm³/mol. The van der Waals surface area contributed by atoms with Gasteiger partial charge in [-0.05, 0) is 79.5 Å². The van der Waals surface area contributed by atoms with Crippen LogP contribution in [-0.2, 0) is 0 Å². The lowest BCUT2D eigenvalue weighted by Crippen LogP contribution is -2.00. The van der Waals surface area contributed by atoms with E-state index in [0.29, 0.717) is 34.4 Å². The van der Waals surface area contributed by atoms with Crippen molar-refractivity contribution in [2.75, 3.05) is 0 Å². The topological polar surface area (TPSA) is 90.5 Å². The fraction of sp³-hybridized carbons (Fsp3) is 0. The van der Waals surface area contributed by atoms with Gasteiger partial charge in [0.25, 0.3) is 0 Å². The highest BCUT2D eigenvalue weighted by molar-refractivity contribution is 6.18. The number of rotatable bonds is 7. The van der Waals surface area contributed by atoms with Crippen LogP contribution in [-0.4, -0.2) is 29.9 Å². The molecule has 4 aromatic heterocycles. The molecule has 0 atom stereocenters. The van der Waals surface area contributed by atoms with Gasteiger partial charge < -0.3 is 4.42 Å². The first-order valence-corrected chi connectivity index (χ1v) is 20.8. The van der Waals surface area contributed by atoms with Crippen molar-refractivity contribution in [2.24, 2.45) is 0 Å². The third-order valence-corrected chi connectivity index (χ3v) is 11.7. The molecule has 7 nitrogen and oxygen atoms in total. The molecule has 0 unspecified atom stereocenters. The third-order valence-electron chi connectivity index (χ3n) is 11.7. The number of pyridine rings is 1. The van der Waals surface area contributed by atoms with Crippen LogP contribution in [0.15, 0.2) is 211 Å². The van der Waals surface area contributed by atoms with Crippen molar-refractivity contribution in [3.8, 4) is 78.7 Å². The van der Waals surface area contributed by atoms with E-state index in [9.17, 15) is 0 Å². The van der Waals surface area contributed by atoms with Gasteiger partial charge in [0.2, 0.25) is 5.71 Å². The molecule has 7 heteroatoms. The van der Waals surface area contributed by atoms with Crippen LogP contribution in [0, 0.1) is 0 Å². The van der Waals surface area contributed by atoms with E-state index in [-0.39, 0.29) is 0 Å². The Morgan fingerprint density at radius 3 is 1.32 bits per heavy atom. The van der Waals surface area contributed by atoms with E-state index in [1.54, 1.807) is 6.20 Å². The molecule has 0 radical (unpaired) electrons. The van der Waals surface area contributed by atoms with Gasteiger partial charge in [0.1, 0.15) is 16.6 Å². The summed E-state index contributed by atoms with van der Waals surface area (Å²) in [6, 6.07) is 69.2. The van der Waals surface area contributed by atoms with Gasteiger partial charge in [-0.15, -0.1) is 0 Å². The lowest BCUT2D eigenvalue weighted by atomic mass is 9.96. The molecular weight excluding hydrogens is 773 g/mol. The van der Waals surface area contributed by atoms with Crippen LogP contribution in [0.3, 0.4) is 0 Å². The SMILES string of the molecule is c1ccc(-c2ccc(-c3nc(-c4ccccc4)nc(-c4ccc(-c5ccc(-c6ccc(-c7ccc8c(ccc9oc%10nc%11cccnc%11nc%10c98)c7)cc6)cc5)cc4)n3)cc2)cc1. The van der Waals surface area contributed by atoms with Gasteiger partial charge in [0.05, 0.1) is 5.39 Å². The number of benzene rings is 8. The van der Waals surface area contributed by atoms with Crippen molar-refractivity contribution in [3.05, 3.63) is 206 Å². The first kappa shape index (κ1) is 36.2. The fourth-order valence-corrected chi connectivity index (χ4v) is 8.35. The maximum absolute atomic E-state index is 6.13. The van der Waals surface area contributed by atoms with E-state index in [1.807, 2.05) is 54.6 Å². The third kappa shape index (κ3) is 6.74. The van der Waals surface area contributed by atoms with Crippen LogP contribution in [0.2, 0.25) is 0 Å². The average Bonchev–Trinajstić information content (AvgIpc) is 3.74. The maximum Gasteiger partial charge on any atom is 0.247 e. The van der Waals surface area contributed by atoms with Crippen LogP contribution in [0.25, 0.3) is 123 Å². The van der Waals surface area contributed by atoms with Gasteiger partial charge in [-0.3, -0.25) is 0 Å². The molecule has 0 saturated carbocycles. The quantitative estimate of drug-likeness (QED) is 0.158. The average molecular weight is 807 g/mol. The Morgan fingerprint density at radius 2 is 0.778 bits per heavy atom. The number of aromatic nitrogens is 6. The number of hydrogen-bond donors (Lipinski definition) is 0. The van der Waals surface area contributed by atoms with E-state index in [1.165, 1.54) is 5.56 Å². The van der Waals surface area contributed by atoms with Gasteiger partial charge in [-0.1, -0.05) is 176 Å². The molecule has 0 N–H and O–H groups in total. The molecule has 0 saturated heterocycles. The van der Waals surface area contributed by atoms with Crippen LogP contribution in [0.5, 0.6) is 0 Å². The van der Waals surface area contributed by atoms with Crippen LogP contribution >= 0.6 is 0 Å². The van der Waals surface area contributed by atoms with Gasteiger partial charge in [-0.25, -0.2) is 29.9 Å².